The molecule has 20 heteroatoms. The van der Waals surface area contributed by atoms with Crippen molar-refractivity contribution in [1.29, 1.82) is 0 Å². The van der Waals surface area contributed by atoms with Gasteiger partial charge in [-0.25, -0.2) is 0 Å². The first-order chi connectivity index (χ1) is 32.4. The second-order valence-corrected chi connectivity index (χ2v) is 14.3. The van der Waals surface area contributed by atoms with Gasteiger partial charge in [0.15, 0.2) is 23.0 Å². The summed E-state index contributed by atoms with van der Waals surface area (Å²) in [5.41, 5.74) is 0.569. The number of methoxy groups -OCH3 is 4. The zero-order chi connectivity index (χ0) is 49.4. The average Bonchev–Trinajstić information content (AvgIpc) is 3.35. The number of pyridine rings is 2. The zero-order valence-corrected chi connectivity index (χ0v) is 36.8. The summed E-state index contributed by atoms with van der Waals surface area (Å²) in [5, 5.41) is 10.5. The van der Waals surface area contributed by atoms with Gasteiger partial charge in [-0.2, -0.15) is 26.3 Å². The number of benzene rings is 4. The van der Waals surface area contributed by atoms with E-state index in [-0.39, 0.29) is 60.2 Å². The zero-order valence-electron chi connectivity index (χ0n) is 36.8. The standard InChI is InChI=1S/C25H27N3O6.C23H17F6N3O2/c1-31-20-9-5-7-17(22(20)33-3)14-27-24(29)16-11-12-26-19(13-16)25(30)28-15-18-8-6-10-21(32-2)23(18)34-4;24-22(25,26)17-5-1-3-14(9-17)12-31-20(33)16-7-8-30-19(11-16)21(34)32-13-15-4-2-6-18(10-15)23(27,28)29/h5-13H,14-15H2,1-4H3,(H,27,29)(H,28,30);1-11H,12-13H2,(H,31,33)(H,32,34). The molecule has 4 N–H and O–H groups in total. The van der Waals surface area contributed by atoms with Crippen molar-refractivity contribution < 1.29 is 64.5 Å². The van der Waals surface area contributed by atoms with Crippen molar-refractivity contribution in [2.45, 2.75) is 38.5 Å². The Bertz CT molecular complexity index is 2560. The molecule has 0 bridgehead atoms. The maximum Gasteiger partial charge on any atom is 0.416 e. The first-order valence-corrected chi connectivity index (χ1v) is 20.2. The van der Waals surface area contributed by atoms with E-state index in [0.717, 1.165) is 35.4 Å². The molecule has 4 aromatic carbocycles. The number of halogens is 6. The average molecular weight is 947 g/mol. The van der Waals surface area contributed by atoms with E-state index >= 15 is 0 Å². The number of hydrogen-bond acceptors (Lipinski definition) is 10. The number of nitrogens with zero attached hydrogens (tertiary/aromatic N) is 2. The molecule has 0 unspecified atom stereocenters. The molecule has 0 aliphatic heterocycles. The van der Waals surface area contributed by atoms with Crippen LogP contribution >= 0.6 is 0 Å². The van der Waals surface area contributed by atoms with Gasteiger partial charge in [-0.05, 0) is 71.8 Å². The summed E-state index contributed by atoms with van der Waals surface area (Å²) in [7, 11) is 6.17. The summed E-state index contributed by atoms with van der Waals surface area (Å²) < 4.78 is 98.2. The molecule has 0 spiro atoms. The van der Waals surface area contributed by atoms with Gasteiger partial charge >= 0.3 is 12.4 Å². The lowest BCUT2D eigenvalue weighted by Gasteiger charge is -2.14. The second kappa shape index (κ2) is 23.3. The number of hydrogen-bond donors (Lipinski definition) is 4. The largest absolute Gasteiger partial charge is 0.493 e. The number of aromatic nitrogens is 2. The number of para-hydroxylation sites is 2. The Kier molecular flexibility index (Phi) is 17.4. The third kappa shape index (κ3) is 13.9. The predicted octanol–water partition coefficient (Wildman–Crippen LogP) is 7.96. The third-order valence-electron chi connectivity index (χ3n) is 9.77. The number of rotatable bonds is 16. The molecule has 4 amide bonds. The fourth-order valence-electron chi connectivity index (χ4n) is 6.39. The van der Waals surface area contributed by atoms with Crippen molar-refractivity contribution in [3.05, 3.63) is 177 Å². The molecule has 0 fully saturated rings. The monoisotopic (exact) mass is 946 g/mol. The van der Waals surface area contributed by atoms with Crippen LogP contribution in [0.1, 0.15) is 75.1 Å². The van der Waals surface area contributed by atoms with Crippen LogP contribution in [0.4, 0.5) is 26.3 Å². The van der Waals surface area contributed by atoms with Crippen molar-refractivity contribution in [3.63, 3.8) is 0 Å². The molecular formula is C48H44F6N6O8. The highest BCUT2D eigenvalue weighted by Gasteiger charge is 2.31. The van der Waals surface area contributed by atoms with E-state index in [9.17, 15) is 45.5 Å². The molecule has 0 radical (unpaired) electrons. The fourth-order valence-corrected chi connectivity index (χ4v) is 6.39. The minimum Gasteiger partial charge on any atom is -0.493 e. The van der Waals surface area contributed by atoms with E-state index in [1.54, 1.807) is 32.4 Å². The van der Waals surface area contributed by atoms with Gasteiger partial charge in [0.1, 0.15) is 11.4 Å². The van der Waals surface area contributed by atoms with Gasteiger partial charge in [0.05, 0.1) is 39.6 Å². The first-order valence-electron chi connectivity index (χ1n) is 20.2. The molecular weight excluding hydrogens is 903 g/mol. The Labute approximate surface area is 386 Å². The van der Waals surface area contributed by atoms with Crippen molar-refractivity contribution in [2.24, 2.45) is 0 Å². The SMILES string of the molecule is COc1cccc(CNC(=O)c2ccnc(C(=O)NCc3cccc(OC)c3OC)c2)c1OC.O=C(NCc1cccc(C(F)(F)F)c1)c1ccnc(C(=O)NCc2cccc(C(F)(F)F)c2)c1. The Morgan fingerprint density at radius 1 is 0.456 bits per heavy atom. The molecule has 0 saturated carbocycles. The van der Waals surface area contributed by atoms with Gasteiger partial charge in [0.25, 0.3) is 23.6 Å². The highest BCUT2D eigenvalue weighted by atomic mass is 19.4. The molecule has 14 nitrogen and oxygen atoms in total. The van der Waals surface area contributed by atoms with Crippen molar-refractivity contribution >= 4 is 23.6 Å². The lowest BCUT2D eigenvalue weighted by molar-refractivity contribution is -0.138. The summed E-state index contributed by atoms with van der Waals surface area (Å²) in [6.07, 6.45) is -6.42. The highest BCUT2D eigenvalue weighted by Crippen LogP contribution is 2.33. The molecule has 6 aromatic rings. The molecule has 6 rings (SSSR count). The molecule has 0 atom stereocenters. The topological polar surface area (TPSA) is 179 Å². The molecule has 2 heterocycles. The molecule has 0 aliphatic rings. The maximum absolute atomic E-state index is 12.8. The van der Waals surface area contributed by atoms with E-state index in [0.29, 0.717) is 28.6 Å². The van der Waals surface area contributed by atoms with Crippen molar-refractivity contribution in [1.82, 2.24) is 31.2 Å². The number of amides is 4. The normalized spacial score (nSPS) is 11.0. The van der Waals surface area contributed by atoms with Crippen LogP contribution in [0, 0.1) is 0 Å². The van der Waals surface area contributed by atoms with Crippen LogP contribution in [0.2, 0.25) is 0 Å². The highest BCUT2D eigenvalue weighted by molar-refractivity contribution is 5.99. The lowest BCUT2D eigenvalue weighted by atomic mass is 10.1. The summed E-state index contributed by atoms with van der Waals surface area (Å²) in [4.78, 5) is 58.1. The molecule has 0 saturated heterocycles. The number of ether oxygens (including phenoxy) is 4. The number of carbonyl (C=O) groups excluding carboxylic acids is 4. The number of carbonyl (C=O) groups is 4. The van der Waals surface area contributed by atoms with Crippen LogP contribution in [0.15, 0.2) is 122 Å². The van der Waals surface area contributed by atoms with Gasteiger partial charge in [-0.1, -0.05) is 48.5 Å². The molecule has 356 valence electrons. The maximum atomic E-state index is 12.8. The minimum absolute atomic E-state index is 0.0335. The molecule has 0 aliphatic carbocycles. The van der Waals surface area contributed by atoms with Gasteiger partial charge < -0.3 is 40.2 Å². The second-order valence-electron chi connectivity index (χ2n) is 14.3. The van der Waals surface area contributed by atoms with E-state index in [2.05, 4.69) is 31.2 Å². The van der Waals surface area contributed by atoms with Gasteiger partial charge in [-0.15, -0.1) is 0 Å². The van der Waals surface area contributed by atoms with Gasteiger partial charge in [0, 0.05) is 60.8 Å². The number of alkyl halides is 6. The van der Waals surface area contributed by atoms with E-state index in [1.807, 2.05) is 24.3 Å². The van der Waals surface area contributed by atoms with Crippen LogP contribution in [0.3, 0.4) is 0 Å². The summed E-state index contributed by atoms with van der Waals surface area (Å²) >= 11 is 0. The first kappa shape index (κ1) is 50.8. The van der Waals surface area contributed by atoms with Crippen molar-refractivity contribution in [2.75, 3.05) is 28.4 Å². The minimum atomic E-state index is -4.52. The van der Waals surface area contributed by atoms with E-state index in [1.165, 1.54) is 69.1 Å². The predicted molar refractivity (Wildman–Crippen MR) is 235 cm³/mol. The fraction of sp³-hybridized carbons (Fsp3) is 0.208. The van der Waals surface area contributed by atoms with E-state index < -0.39 is 41.2 Å². The van der Waals surface area contributed by atoms with Crippen LogP contribution in [-0.2, 0) is 38.5 Å². The Morgan fingerprint density at radius 3 is 1.21 bits per heavy atom. The summed E-state index contributed by atoms with van der Waals surface area (Å²) in [6.45, 7) is 0.0458. The van der Waals surface area contributed by atoms with Gasteiger partial charge in [-0.3, -0.25) is 29.1 Å². The van der Waals surface area contributed by atoms with E-state index in [4.69, 9.17) is 18.9 Å². The van der Waals surface area contributed by atoms with Crippen LogP contribution in [0.25, 0.3) is 0 Å². The van der Waals surface area contributed by atoms with Gasteiger partial charge in [0.2, 0.25) is 0 Å². The quantitative estimate of drug-likeness (QED) is 0.0696. The molecule has 2 aromatic heterocycles. The van der Waals surface area contributed by atoms with Crippen LogP contribution in [-0.4, -0.2) is 62.0 Å². The number of nitrogens with one attached hydrogen (secondary N) is 4. The Balaban J connectivity index is 0.000000254. The molecule has 68 heavy (non-hydrogen) atoms. The summed E-state index contributed by atoms with van der Waals surface area (Å²) in [6, 6.07) is 25.2. The van der Waals surface area contributed by atoms with Crippen LogP contribution < -0.4 is 40.2 Å². The smallest absolute Gasteiger partial charge is 0.416 e. The lowest BCUT2D eigenvalue weighted by Crippen LogP contribution is -2.26. The Morgan fingerprint density at radius 2 is 0.824 bits per heavy atom. The van der Waals surface area contributed by atoms with Crippen LogP contribution in [0.5, 0.6) is 23.0 Å². The Hall–Kier alpha value is -8.16. The van der Waals surface area contributed by atoms with Crippen molar-refractivity contribution in [3.8, 4) is 23.0 Å². The third-order valence-corrected chi connectivity index (χ3v) is 9.77. The summed E-state index contributed by atoms with van der Waals surface area (Å²) in [5.74, 6) is 0.0948.